The fraction of sp³-hybridized carbons (Fsp3) is 0.804. The highest BCUT2D eigenvalue weighted by atomic mass is 16.3. The lowest BCUT2D eigenvalue weighted by Crippen LogP contribution is -2.61. The van der Waals surface area contributed by atoms with Gasteiger partial charge in [0.05, 0.1) is 18.6 Å². The van der Waals surface area contributed by atoms with Gasteiger partial charge in [-0.3, -0.25) is 43.2 Å². The van der Waals surface area contributed by atoms with Crippen LogP contribution < -0.4 is 70.8 Å². The van der Waals surface area contributed by atoms with Crippen LogP contribution in [0.1, 0.15) is 131 Å². The summed E-state index contributed by atoms with van der Waals surface area (Å²) >= 11 is 0. The van der Waals surface area contributed by atoms with E-state index in [4.69, 9.17) is 22.9 Å². The van der Waals surface area contributed by atoms with Crippen LogP contribution >= 0.6 is 0 Å². The summed E-state index contributed by atoms with van der Waals surface area (Å²) in [7, 11) is 0. The molecule has 0 aromatic heterocycles. The van der Waals surface area contributed by atoms with Gasteiger partial charge in [0.15, 0.2) is 0 Å². The van der Waals surface area contributed by atoms with Crippen LogP contribution in [0.15, 0.2) is 0 Å². The van der Waals surface area contributed by atoms with Gasteiger partial charge >= 0.3 is 0 Å². The standard InChI is InChI=1S/C46H87N13O11/c1-7-8-9-10-11-12-29(61)25-37(62)52-30(13-18-47)39(63)56-34-17-22-51-46(70)38(28(6)60)59-43(67)33(16-21-50)54-40(64)31(14-19-48)55-44(68)35(23-26(2)3)58-45(69)36(24-27(4)5)57-41(65)32(15-20-49)53-42(34)66/h26-36,38,60-61H,7-25,47-50H2,1-6H3,(H,51,70)(H,52,62)(H,53,66)(H,54,64)(H,55,68)(H,56,63)(H,57,65)(H,58,69)(H,59,67)/t28-,29-,30-,31+,32+,33+,34+,35+,36-,38+/m1/s1. The van der Waals surface area contributed by atoms with Gasteiger partial charge in [-0.05, 0) is 96.3 Å². The van der Waals surface area contributed by atoms with E-state index in [0.29, 0.717) is 12.8 Å². The number of nitrogens with two attached hydrogens (primary N) is 4. The Morgan fingerprint density at radius 3 is 1.47 bits per heavy atom. The molecule has 0 bridgehead atoms. The quantitative estimate of drug-likeness (QED) is 0.0415. The second-order valence-electron chi connectivity index (χ2n) is 18.9. The van der Waals surface area contributed by atoms with Gasteiger partial charge in [0.2, 0.25) is 53.2 Å². The van der Waals surface area contributed by atoms with Crippen LogP contribution in [0.4, 0.5) is 0 Å². The Labute approximate surface area is 413 Å². The van der Waals surface area contributed by atoms with Crippen molar-refractivity contribution in [1.82, 2.24) is 47.9 Å². The Kier molecular flexibility index (Phi) is 30.9. The van der Waals surface area contributed by atoms with E-state index in [-0.39, 0.29) is 95.9 Å². The molecular formula is C46H87N13O11. The van der Waals surface area contributed by atoms with Crippen LogP contribution in [0, 0.1) is 11.8 Å². The van der Waals surface area contributed by atoms with E-state index >= 15 is 0 Å². The maximum absolute atomic E-state index is 14.2. The van der Waals surface area contributed by atoms with Gasteiger partial charge < -0.3 is 81.0 Å². The minimum Gasteiger partial charge on any atom is -0.393 e. The summed E-state index contributed by atoms with van der Waals surface area (Å²) < 4.78 is 0. The number of unbranched alkanes of at least 4 members (excludes halogenated alkanes) is 4. The zero-order valence-electron chi connectivity index (χ0n) is 42.2. The van der Waals surface area contributed by atoms with Crippen molar-refractivity contribution in [2.45, 2.75) is 192 Å². The second kappa shape index (κ2) is 34.3. The summed E-state index contributed by atoms with van der Waals surface area (Å²) in [5.74, 6) is -7.67. The van der Waals surface area contributed by atoms with E-state index in [2.05, 4.69) is 54.8 Å². The molecule has 70 heavy (non-hydrogen) atoms. The lowest BCUT2D eigenvalue weighted by atomic mass is 9.99. The molecule has 0 aromatic carbocycles. The minimum atomic E-state index is -1.61. The maximum Gasteiger partial charge on any atom is 0.245 e. The molecule has 1 heterocycles. The molecule has 1 saturated heterocycles. The predicted molar refractivity (Wildman–Crippen MR) is 262 cm³/mol. The highest BCUT2D eigenvalue weighted by Gasteiger charge is 2.36. The first kappa shape index (κ1) is 63.0. The van der Waals surface area contributed by atoms with E-state index in [1.54, 1.807) is 0 Å². The van der Waals surface area contributed by atoms with Gasteiger partial charge in [0, 0.05) is 6.54 Å². The van der Waals surface area contributed by atoms with Gasteiger partial charge in [-0.2, -0.15) is 0 Å². The summed E-state index contributed by atoms with van der Waals surface area (Å²) in [4.78, 5) is 124. The second-order valence-corrected chi connectivity index (χ2v) is 18.9. The molecule has 0 radical (unpaired) electrons. The van der Waals surface area contributed by atoms with Crippen molar-refractivity contribution in [1.29, 1.82) is 0 Å². The lowest BCUT2D eigenvalue weighted by molar-refractivity contribution is -0.136. The molecule has 402 valence electrons. The van der Waals surface area contributed by atoms with E-state index in [1.165, 1.54) is 6.92 Å². The van der Waals surface area contributed by atoms with Crippen molar-refractivity contribution in [2.24, 2.45) is 34.8 Å². The molecule has 1 aliphatic heterocycles. The fourth-order valence-corrected chi connectivity index (χ4v) is 7.71. The zero-order valence-corrected chi connectivity index (χ0v) is 42.2. The monoisotopic (exact) mass is 998 g/mol. The number of amides is 9. The molecule has 1 aliphatic rings. The summed E-state index contributed by atoms with van der Waals surface area (Å²) in [6, 6.07) is -10.9. The number of hydrogen-bond acceptors (Lipinski definition) is 15. The Bertz CT molecular complexity index is 1670. The topological polar surface area (TPSA) is 406 Å². The van der Waals surface area contributed by atoms with Crippen molar-refractivity contribution >= 4 is 53.2 Å². The molecule has 0 aromatic rings. The largest absolute Gasteiger partial charge is 0.393 e. The SMILES string of the molecule is CCCCCCC[C@@H](O)CC(=O)N[C@H](CCN)C(=O)N[C@H]1CCNC(=O)[C@H]([C@@H](C)O)NC(=O)[C@H](CCN)NC(=O)[C@H](CCN)NC(=O)[C@H](CC(C)C)NC(=O)[C@@H](CC(C)C)NC(=O)[C@H](CCN)NC1=O. The van der Waals surface area contributed by atoms with Crippen molar-refractivity contribution in [2.75, 3.05) is 32.7 Å². The Morgan fingerprint density at radius 1 is 0.586 bits per heavy atom. The average molecular weight is 998 g/mol. The number of carbonyl (C=O) groups excluding carboxylic acids is 9. The fourth-order valence-electron chi connectivity index (χ4n) is 7.71. The van der Waals surface area contributed by atoms with Crippen LogP contribution in [0.25, 0.3) is 0 Å². The summed E-state index contributed by atoms with van der Waals surface area (Å²) in [6.45, 7) is 9.84. The van der Waals surface area contributed by atoms with Gasteiger partial charge in [0.25, 0.3) is 0 Å². The molecule has 10 atom stereocenters. The van der Waals surface area contributed by atoms with Crippen LogP contribution in [0.3, 0.4) is 0 Å². The zero-order chi connectivity index (χ0) is 52.9. The summed E-state index contributed by atoms with van der Waals surface area (Å²) in [5.41, 5.74) is 23.3. The van der Waals surface area contributed by atoms with Crippen LogP contribution in [0.2, 0.25) is 0 Å². The molecule has 0 unspecified atom stereocenters. The van der Waals surface area contributed by atoms with Crippen LogP contribution in [-0.2, 0) is 43.2 Å². The lowest BCUT2D eigenvalue weighted by Gasteiger charge is -2.29. The number of hydrogen-bond donors (Lipinski definition) is 15. The molecule has 24 nitrogen and oxygen atoms in total. The van der Waals surface area contributed by atoms with Gasteiger partial charge in [0.1, 0.15) is 48.3 Å². The average Bonchev–Trinajstić information content (AvgIpc) is 3.28. The van der Waals surface area contributed by atoms with Crippen molar-refractivity contribution in [3.05, 3.63) is 0 Å². The minimum absolute atomic E-state index is 0.0609. The smallest absolute Gasteiger partial charge is 0.245 e. The van der Waals surface area contributed by atoms with E-state index in [1.807, 2.05) is 27.7 Å². The Morgan fingerprint density at radius 2 is 1.03 bits per heavy atom. The Hall–Kier alpha value is -5.01. The highest BCUT2D eigenvalue weighted by molar-refractivity contribution is 5.98. The summed E-state index contributed by atoms with van der Waals surface area (Å²) in [5, 5.41) is 44.5. The van der Waals surface area contributed by atoms with Gasteiger partial charge in [-0.1, -0.05) is 66.7 Å². The number of aliphatic hydroxyl groups is 2. The number of nitrogens with one attached hydrogen (secondary N) is 9. The molecule has 24 heteroatoms. The van der Waals surface area contributed by atoms with Crippen molar-refractivity contribution in [3.63, 3.8) is 0 Å². The van der Waals surface area contributed by atoms with E-state index < -0.39 is 114 Å². The van der Waals surface area contributed by atoms with Gasteiger partial charge in [-0.25, -0.2) is 0 Å². The summed E-state index contributed by atoms with van der Waals surface area (Å²) in [6.07, 6.45) is 1.81. The Balaban J connectivity index is 3.77. The van der Waals surface area contributed by atoms with E-state index in [9.17, 15) is 53.4 Å². The van der Waals surface area contributed by atoms with E-state index in [0.717, 1.165) is 25.7 Å². The number of aliphatic hydroxyl groups excluding tert-OH is 2. The number of rotatable bonds is 24. The molecule has 9 amide bonds. The normalized spacial score (nSPS) is 24.2. The van der Waals surface area contributed by atoms with Crippen LogP contribution in [0.5, 0.6) is 0 Å². The maximum atomic E-state index is 14.2. The third kappa shape index (κ3) is 24.2. The molecule has 1 fully saturated rings. The first-order chi connectivity index (χ1) is 33.1. The molecule has 0 saturated carbocycles. The van der Waals surface area contributed by atoms with Crippen molar-refractivity contribution in [3.8, 4) is 0 Å². The van der Waals surface area contributed by atoms with Gasteiger partial charge in [-0.15, -0.1) is 0 Å². The highest BCUT2D eigenvalue weighted by Crippen LogP contribution is 2.13. The first-order valence-electron chi connectivity index (χ1n) is 25.0. The van der Waals surface area contributed by atoms with Crippen LogP contribution in [-0.4, -0.2) is 157 Å². The third-order valence-corrected chi connectivity index (χ3v) is 11.5. The third-order valence-electron chi connectivity index (χ3n) is 11.5. The van der Waals surface area contributed by atoms with Crippen molar-refractivity contribution < 1.29 is 53.4 Å². The number of carbonyl (C=O) groups is 9. The molecule has 1 rings (SSSR count). The molecule has 0 aliphatic carbocycles. The molecular weight excluding hydrogens is 911 g/mol. The first-order valence-corrected chi connectivity index (χ1v) is 25.0. The molecule has 19 N–H and O–H groups in total. The predicted octanol–water partition coefficient (Wildman–Crippen LogP) is -3.64. The molecule has 0 spiro atoms.